The molecule has 0 fully saturated rings. The van der Waals surface area contributed by atoms with Gasteiger partial charge in [0.1, 0.15) is 5.75 Å². The lowest BCUT2D eigenvalue weighted by molar-refractivity contribution is 0.101. The SMILES string of the molecule is COc1ccc2nc(-n3c(O)c(O)c(C(=O)c4ccco4)c3-c3ccccc3)sc2c1. The predicted molar refractivity (Wildman–Crippen MR) is 116 cm³/mol. The molecule has 154 valence electrons. The number of carbonyl (C=O) groups is 1. The molecular formula is C23H16N2O5S. The summed E-state index contributed by atoms with van der Waals surface area (Å²) in [7, 11) is 1.58. The molecule has 0 unspecified atom stereocenters. The van der Waals surface area contributed by atoms with Crippen LogP contribution in [0.1, 0.15) is 16.1 Å². The summed E-state index contributed by atoms with van der Waals surface area (Å²) in [5, 5.41) is 22.0. The monoisotopic (exact) mass is 432 g/mol. The first-order chi connectivity index (χ1) is 15.1. The molecule has 5 rings (SSSR count). The normalized spacial score (nSPS) is 11.1. The van der Waals surface area contributed by atoms with Crippen molar-refractivity contribution in [2.45, 2.75) is 0 Å². The minimum absolute atomic E-state index is 0.0543. The molecule has 0 bridgehead atoms. The number of carbonyl (C=O) groups excluding carboxylic acids is 1. The zero-order chi connectivity index (χ0) is 21.5. The Morgan fingerprint density at radius 1 is 1.10 bits per heavy atom. The van der Waals surface area contributed by atoms with Crippen molar-refractivity contribution in [2.24, 2.45) is 0 Å². The second-order valence-electron chi connectivity index (χ2n) is 6.73. The maximum atomic E-state index is 13.2. The van der Waals surface area contributed by atoms with Gasteiger partial charge in [-0.15, -0.1) is 0 Å². The van der Waals surface area contributed by atoms with Crippen molar-refractivity contribution in [3.63, 3.8) is 0 Å². The minimum atomic E-state index is -0.543. The standard InChI is InChI=1S/C23H16N2O5S/c1-29-14-9-10-15-17(12-14)31-23(24-15)25-19(13-6-3-2-4-7-13)18(21(27)22(25)28)20(26)16-8-5-11-30-16/h2-12,27-28H,1H3. The molecule has 0 radical (unpaired) electrons. The fourth-order valence-electron chi connectivity index (χ4n) is 3.46. The number of hydrogen-bond acceptors (Lipinski definition) is 7. The van der Waals surface area contributed by atoms with Gasteiger partial charge in [-0.2, -0.15) is 0 Å². The van der Waals surface area contributed by atoms with Gasteiger partial charge in [-0.25, -0.2) is 4.98 Å². The fourth-order valence-corrected chi connectivity index (χ4v) is 4.47. The quantitative estimate of drug-likeness (QED) is 0.380. The van der Waals surface area contributed by atoms with Gasteiger partial charge >= 0.3 is 0 Å². The zero-order valence-electron chi connectivity index (χ0n) is 16.3. The Balaban J connectivity index is 1.80. The number of thiazole rings is 1. The zero-order valence-corrected chi connectivity index (χ0v) is 17.1. The molecule has 0 aliphatic carbocycles. The van der Waals surface area contributed by atoms with E-state index in [0.29, 0.717) is 27.7 Å². The highest BCUT2D eigenvalue weighted by Gasteiger charge is 2.32. The summed E-state index contributed by atoms with van der Waals surface area (Å²) in [5.74, 6) is -0.812. The van der Waals surface area contributed by atoms with Crippen LogP contribution in [0.3, 0.4) is 0 Å². The molecule has 0 aliphatic heterocycles. The number of aromatic hydroxyl groups is 2. The molecule has 5 aromatic rings. The summed E-state index contributed by atoms with van der Waals surface area (Å²) in [5.41, 5.74) is 1.59. The largest absolute Gasteiger partial charge is 0.503 e. The summed E-state index contributed by atoms with van der Waals surface area (Å²) in [6, 6.07) is 17.6. The van der Waals surface area contributed by atoms with Gasteiger partial charge in [0.05, 0.1) is 34.8 Å². The number of fused-ring (bicyclic) bond motifs is 1. The molecule has 31 heavy (non-hydrogen) atoms. The Kier molecular flexibility index (Phi) is 4.48. The van der Waals surface area contributed by atoms with E-state index in [-0.39, 0.29) is 11.3 Å². The third-order valence-electron chi connectivity index (χ3n) is 4.92. The Labute approximate surface area is 180 Å². The van der Waals surface area contributed by atoms with E-state index in [9.17, 15) is 15.0 Å². The molecule has 0 saturated heterocycles. The van der Waals surface area contributed by atoms with Crippen molar-refractivity contribution in [3.8, 4) is 33.8 Å². The first kappa shape index (κ1) is 19.0. The van der Waals surface area contributed by atoms with Gasteiger partial charge < -0.3 is 19.4 Å². The van der Waals surface area contributed by atoms with Crippen molar-refractivity contribution >= 4 is 27.3 Å². The van der Waals surface area contributed by atoms with E-state index in [4.69, 9.17) is 9.15 Å². The Bertz CT molecular complexity index is 1400. The van der Waals surface area contributed by atoms with Crippen molar-refractivity contribution in [1.82, 2.24) is 9.55 Å². The smallest absolute Gasteiger partial charge is 0.242 e. The molecular weight excluding hydrogens is 416 g/mol. The van der Waals surface area contributed by atoms with Crippen LogP contribution in [0.25, 0.3) is 26.6 Å². The van der Waals surface area contributed by atoms with Crippen LogP contribution in [0.4, 0.5) is 0 Å². The Hall–Kier alpha value is -4.04. The van der Waals surface area contributed by atoms with Crippen molar-refractivity contribution < 1.29 is 24.2 Å². The van der Waals surface area contributed by atoms with Crippen LogP contribution in [-0.4, -0.2) is 32.7 Å². The van der Waals surface area contributed by atoms with Gasteiger partial charge in [0, 0.05) is 0 Å². The number of rotatable bonds is 5. The lowest BCUT2D eigenvalue weighted by Gasteiger charge is -2.08. The molecule has 2 aromatic carbocycles. The van der Waals surface area contributed by atoms with Gasteiger partial charge in [-0.3, -0.25) is 9.36 Å². The maximum absolute atomic E-state index is 13.2. The van der Waals surface area contributed by atoms with Crippen LogP contribution in [0.2, 0.25) is 0 Å². The summed E-state index contributed by atoms with van der Waals surface area (Å²) in [4.78, 5) is 17.8. The van der Waals surface area contributed by atoms with E-state index in [1.54, 1.807) is 31.4 Å². The van der Waals surface area contributed by atoms with Crippen molar-refractivity contribution in [3.05, 3.63) is 78.3 Å². The van der Waals surface area contributed by atoms with Crippen LogP contribution < -0.4 is 4.74 Å². The molecule has 0 spiro atoms. The summed E-state index contributed by atoms with van der Waals surface area (Å²) in [6.45, 7) is 0. The average molecular weight is 432 g/mol. The Morgan fingerprint density at radius 2 is 1.90 bits per heavy atom. The number of ketones is 1. The number of furan rings is 1. The molecule has 2 N–H and O–H groups in total. The highest BCUT2D eigenvalue weighted by Crippen LogP contribution is 2.45. The number of methoxy groups -OCH3 is 1. The van der Waals surface area contributed by atoms with Crippen LogP contribution in [0, 0.1) is 0 Å². The van der Waals surface area contributed by atoms with E-state index in [0.717, 1.165) is 4.70 Å². The maximum Gasteiger partial charge on any atom is 0.242 e. The lowest BCUT2D eigenvalue weighted by Crippen LogP contribution is -2.03. The van der Waals surface area contributed by atoms with Crippen LogP contribution >= 0.6 is 11.3 Å². The van der Waals surface area contributed by atoms with E-state index in [1.807, 2.05) is 30.3 Å². The molecule has 7 nitrogen and oxygen atoms in total. The van der Waals surface area contributed by atoms with Crippen LogP contribution in [-0.2, 0) is 0 Å². The molecule has 0 atom stereocenters. The average Bonchev–Trinajstić information content (AvgIpc) is 3.52. The number of hydrogen-bond donors (Lipinski definition) is 2. The third kappa shape index (κ3) is 3.04. The number of benzene rings is 2. The van der Waals surface area contributed by atoms with Crippen LogP contribution in [0.5, 0.6) is 17.4 Å². The third-order valence-corrected chi connectivity index (χ3v) is 5.92. The predicted octanol–water partition coefficient (Wildman–Crippen LogP) is 5.00. The second-order valence-corrected chi connectivity index (χ2v) is 7.74. The Morgan fingerprint density at radius 3 is 2.61 bits per heavy atom. The van der Waals surface area contributed by atoms with Crippen LogP contribution in [0.15, 0.2) is 71.3 Å². The van der Waals surface area contributed by atoms with E-state index >= 15 is 0 Å². The van der Waals surface area contributed by atoms with Crippen molar-refractivity contribution in [1.29, 1.82) is 0 Å². The highest BCUT2D eigenvalue weighted by molar-refractivity contribution is 7.20. The topological polar surface area (TPSA) is 97.7 Å². The second kappa shape index (κ2) is 7.33. The number of aromatic nitrogens is 2. The minimum Gasteiger partial charge on any atom is -0.503 e. The summed E-state index contributed by atoms with van der Waals surface area (Å²) in [6.07, 6.45) is 1.38. The number of ether oxygens (including phenoxy) is 1. The van der Waals surface area contributed by atoms with E-state index in [2.05, 4.69) is 4.98 Å². The highest BCUT2D eigenvalue weighted by atomic mass is 32.1. The first-order valence-electron chi connectivity index (χ1n) is 9.33. The molecule has 0 saturated carbocycles. The van der Waals surface area contributed by atoms with Gasteiger partial charge in [-0.1, -0.05) is 41.7 Å². The summed E-state index contributed by atoms with van der Waals surface area (Å²) >= 11 is 1.30. The molecule has 3 heterocycles. The number of nitrogens with zero attached hydrogens (tertiary/aromatic N) is 2. The van der Waals surface area contributed by atoms with Gasteiger partial charge in [0.2, 0.25) is 11.7 Å². The van der Waals surface area contributed by atoms with E-state index in [1.165, 1.54) is 28.2 Å². The van der Waals surface area contributed by atoms with Gasteiger partial charge in [0.15, 0.2) is 16.6 Å². The molecule has 0 aliphatic rings. The van der Waals surface area contributed by atoms with Gasteiger partial charge in [-0.05, 0) is 35.9 Å². The molecule has 0 amide bonds. The van der Waals surface area contributed by atoms with E-state index < -0.39 is 17.4 Å². The lowest BCUT2D eigenvalue weighted by atomic mass is 10.0. The fraction of sp³-hybridized carbons (Fsp3) is 0.0435. The van der Waals surface area contributed by atoms with Crippen molar-refractivity contribution in [2.75, 3.05) is 7.11 Å². The molecule has 3 aromatic heterocycles. The first-order valence-corrected chi connectivity index (χ1v) is 10.2. The van der Waals surface area contributed by atoms with Gasteiger partial charge in [0.25, 0.3) is 0 Å². The molecule has 8 heteroatoms. The summed E-state index contributed by atoms with van der Waals surface area (Å²) < 4.78 is 12.7.